The molecule has 0 aliphatic carbocycles. The van der Waals surface area contributed by atoms with E-state index in [9.17, 15) is 19.1 Å². The molecule has 1 unspecified atom stereocenters. The summed E-state index contributed by atoms with van der Waals surface area (Å²) in [4.78, 5) is 32.4. The standard InChI is InChI=1S/C24H20ClFN2O3S/c1-13-23(32-14(2)27-13)21(29)19-20(18-16(25)9-6-10-17(18)26)28(24(31)22(19)30)12-11-15-7-4-3-5-8-15/h3-10,20,30H,11-12H2,1-2H3. The molecule has 8 heteroatoms. The monoisotopic (exact) mass is 470 g/mol. The third-order valence-corrected chi connectivity index (χ3v) is 6.82. The van der Waals surface area contributed by atoms with Gasteiger partial charge in [0, 0.05) is 17.1 Å². The van der Waals surface area contributed by atoms with Crippen molar-refractivity contribution in [3.63, 3.8) is 0 Å². The molecule has 1 amide bonds. The first-order chi connectivity index (χ1) is 15.3. The fraction of sp³-hybridized carbons (Fsp3) is 0.208. The third-order valence-electron chi connectivity index (χ3n) is 5.42. The summed E-state index contributed by atoms with van der Waals surface area (Å²) in [7, 11) is 0. The lowest BCUT2D eigenvalue weighted by Crippen LogP contribution is -2.33. The van der Waals surface area contributed by atoms with Crippen molar-refractivity contribution < 1.29 is 19.1 Å². The predicted octanol–water partition coefficient (Wildman–Crippen LogP) is 5.37. The summed E-state index contributed by atoms with van der Waals surface area (Å²) in [5.74, 6) is -2.62. The van der Waals surface area contributed by atoms with Crippen molar-refractivity contribution in [2.45, 2.75) is 26.3 Å². The van der Waals surface area contributed by atoms with Crippen molar-refractivity contribution in [3.8, 4) is 0 Å². The summed E-state index contributed by atoms with van der Waals surface area (Å²) in [6.07, 6.45) is 0.461. The van der Waals surface area contributed by atoms with Gasteiger partial charge in [-0.05, 0) is 38.0 Å². The molecule has 0 fully saturated rings. The van der Waals surface area contributed by atoms with Crippen molar-refractivity contribution in [2.24, 2.45) is 0 Å². The minimum Gasteiger partial charge on any atom is -0.503 e. The van der Waals surface area contributed by atoms with Gasteiger partial charge in [-0.25, -0.2) is 9.37 Å². The molecule has 0 bridgehead atoms. The minimum absolute atomic E-state index is 0.0122. The van der Waals surface area contributed by atoms with E-state index in [2.05, 4.69) is 4.98 Å². The fourth-order valence-electron chi connectivity index (χ4n) is 3.95. The second kappa shape index (κ2) is 8.84. The molecule has 1 N–H and O–H groups in total. The van der Waals surface area contributed by atoms with Crippen LogP contribution in [0.3, 0.4) is 0 Å². The molecule has 0 spiro atoms. The Balaban J connectivity index is 1.80. The van der Waals surface area contributed by atoms with Gasteiger partial charge in [-0.1, -0.05) is 48.0 Å². The van der Waals surface area contributed by atoms with Gasteiger partial charge in [-0.2, -0.15) is 0 Å². The van der Waals surface area contributed by atoms with Gasteiger partial charge in [-0.3, -0.25) is 9.59 Å². The molecule has 0 saturated carbocycles. The number of aromatic nitrogens is 1. The number of thiazole rings is 1. The molecule has 3 aromatic rings. The van der Waals surface area contributed by atoms with Crippen LogP contribution in [0.25, 0.3) is 0 Å². The smallest absolute Gasteiger partial charge is 0.290 e. The highest BCUT2D eigenvalue weighted by Crippen LogP contribution is 2.43. The van der Waals surface area contributed by atoms with Crippen LogP contribution in [0.15, 0.2) is 59.9 Å². The number of aliphatic hydroxyl groups excluding tert-OH is 1. The second-order valence-electron chi connectivity index (χ2n) is 7.51. The Kier molecular flexibility index (Phi) is 6.13. The van der Waals surface area contributed by atoms with Gasteiger partial charge in [0.05, 0.1) is 27.2 Å². The lowest BCUT2D eigenvalue weighted by molar-refractivity contribution is -0.129. The van der Waals surface area contributed by atoms with E-state index in [0.29, 0.717) is 22.0 Å². The number of hydrogen-bond donors (Lipinski definition) is 1. The summed E-state index contributed by atoms with van der Waals surface area (Å²) >= 11 is 7.50. The SMILES string of the molecule is Cc1nc(C)c(C(=O)C2=C(O)C(=O)N(CCc3ccccc3)C2c2c(F)cccc2Cl)s1. The zero-order valence-electron chi connectivity index (χ0n) is 17.4. The number of carbonyl (C=O) groups excluding carboxylic acids is 2. The Labute approximate surface area is 193 Å². The van der Waals surface area contributed by atoms with Gasteiger partial charge in [0.2, 0.25) is 5.78 Å². The molecule has 4 rings (SSSR count). The third kappa shape index (κ3) is 3.94. The van der Waals surface area contributed by atoms with E-state index in [1.165, 1.54) is 34.4 Å². The molecule has 1 aliphatic heterocycles. The van der Waals surface area contributed by atoms with Crippen LogP contribution in [0.1, 0.15) is 37.5 Å². The van der Waals surface area contributed by atoms with Crippen molar-refractivity contribution in [2.75, 3.05) is 6.54 Å². The molecule has 164 valence electrons. The molecule has 2 aromatic carbocycles. The number of aliphatic hydroxyl groups is 1. The maximum Gasteiger partial charge on any atom is 0.290 e. The first kappa shape index (κ1) is 22.2. The quantitative estimate of drug-likeness (QED) is 0.491. The number of nitrogens with zero attached hydrogens (tertiary/aromatic N) is 2. The number of amides is 1. The molecule has 0 radical (unpaired) electrons. The van der Waals surface area contributed by atoms with E-state index < -0.39 is 29.3 Å². The van der Waals surface area contributed by atoms with Crippen LogP contribution in [0.2, 0.25) is 5.02 Å². The topological polar surface area (TPSA) is 70.5 Å². The average molecular weight is 471 g/mol. The molecule has 32 heavy (non-hydrogen) atoms. The summed E-state index contributed by atoms with van der Waals surface area (Å²) in [5, 5.41) is 11.5. The minimum atomic E-state index is -1.14. The summed E-state index contributed by atoms with van der Waals surface area (Å²) in [5.41, 5.74) is 1.27. The maximum absolute atomic E-state index is 15.0. The number of carbonyl (C=O) groups is 2. The zero-order chi connectivity index (χ0) is 23.0. The van der Waals surface area contributed by atoms with Crippen LogP contribution in [0.5, 0.6) is 0 Å². The molecule has 1 aliphatic rings. The molecular formula is C24H20ClFN2O3S. The highest BCUT2D eigenvalue weighted by atomic mass is 35.5. The Bertz CT molecular complexity index is 1220. The van der Waals surface area contributed by atoms with E-state index in [-0.39, 0.29) is 22.7 Å². The summed E-state index contributed by atoms with van der Waals surface area (Å²) < 4.78 is 15.0. The van der Waals surface area contributed by atoms with Gasteiger partial charge in [-0.15, -0.1) is 11.3 Å². The number of rotatable bonds is 6. The Morgan fingerprint density at radius 3 is 2.53 bits per heavy atom. The van der Waals surface area contributed by atoms with Crippen LogP contribution in [0, 0.1) is 19.7 Å². The largest absolute Gasteiger partial charge is 0.503 e. The molecule has 1 aromatic heterocycles. The molecule has 0 saturated heterocycles. The Hall–Kier alpha value is -3.03. The number of ketones is 1. The van der Waals surface area contributed by atoms with E-state index in [4.69, 9.17) is 11.6 Å². The predicted molar refractivity (Wildman–Crippen MR) is 122 cm³/mol. The van der Waals surface area contributed by atoms with Crippen molar-refractivity contribution in [1.82, 2.24) is 9.88 Å². The Morgan fingerprint density at radius 1 is 1.19 bits per heavy atom. The van der Waals surface area contributed by atoms with E-state index in [0.717, 1.165) is 5.56 Å². The first-order valence-electron chi connectivity index (χ1n) is 10.00. The van der Waals surface area contributed by atoms with Crippen molar-refractivity contribution >= 4 is 34.6 Å². The zero-order valence-corrected chi connectivity index (χ0v) is 19.0. The van der Waals surface area contributed by atoms with E-state index in [1.807, 2.05) is 30.3 Å². The van der Waals surface area contributed by atoms with Gasteiger partial charge in [0.1, 0.15) is 5.82 Å². The van der Waals surface area contributed by atoms with Crippen LogP contribution < -0.4 is 0 Å². The number of benzene rings is 2. The number of aryl methyl sites for hydroxylation is 2. The summed E-state index contributed by atoms with van der Waals surface area (Å²) in [6.45, 7) is 3.61. The lowest BCUT2D eigenvalue weighted by atomic mass is 9.94. The van der Waals surface area contributed by atoms with Gasteiger partial charge in [0.25, 0.3) is 5.91 Å². The van der Waals surface area contributed by atoms with Crippen LogP contribution >= 0.6 is 22.9 Å². The van der Waals surface area contributed by atoms with Crippen LogP contribution in [0.4, 0.5) is 4.39 Å². The highest BCUT2D eigenvalue weighted by molar-refractivity contribution is 7.14. The molecule has 5 nitrogen and oxygen atoms in total. The first-order valence-corrected chi connectivity index (χ1v) is 11.2. The molecular weight excluding hydrogens is 451 g/mol. The normalized spacial score (nSPS) is 16.2. The average Bonchev–Trinajstić information content (AvgIpc) is 3.22. The number of hydrogen-bond acceptors (Lipinski definition) is 5. The number of Topliss-reactive ketones (excluding diaryl/α,β-unsaturated/α-hetero) is 1. The van der Waals surface area contributed by atoms with Crippen LogP contribution in [-0.2, 0) is 11.2 Å². The fourth-order valence-corrected chi connectivity index (χ4v) is 5.09. The molecule has 1 atom stereocenters. The van der Waals surface area contributed by atoms with Gasteiger partial charge >= 0.3 is 0 Å². The summed E-state index contributed by atoms with van der Waals surface area (Å²) in [6, 6.07) is 12.5. The highest BCUT2D eigenvalue weighted by Gasteiger charge is 2.46. The lowest BCUT2D eigenvalue weighted by Gasteiger charge is -2.27. The van der Waals surface area contributed by atoms with Gasteiger partial charge in [0.15, 0.2) is 5.76 Å². The maximum atomic E-state index is 15.0. The van der Waals surface area contributed by atoms with Crippen molar-refractivity contribution in [1.29, 1.82) is 0 Å². The Morgan fingerprint density at radius 2 is 1.91 bits per heavy atom. The van der Waals surface area contributed by atoms with E-state index in [1.54, 1.807) is 13.8 Å². The molecule has 2 heterocycles. The van der Waals surface area contributed by atoms with Crippen molar-refractivity contribution in [3.05, 3.63) is 97.4 Å². The number of halogens is 2. The van der Waals surface area contributed by atoms with E-state index >= 15 is 0 Å². The van der Waals surface area contributed by atoms with Gasteiger partial charge < -0.3 is 10.0 Å². The second-order valence-corrected chi connectivity index (χ2v) is 9.12. The van der Waals surface area contributed by atoms with Crippen LogP contribution in [-0.4, -0.2) is 33.2 Å².